The highest BCUT2D eigenvalue weighted by Gasteiger charge is 2.08. The number of aryl methyl sites for hydroxylation is 2. The lowest BCUT2D eigenvalue weighted by molar-refractivity contribution is -0.123. The van der Waals surface area contributed by atoms with E-state index in [0.29, 0.717) is 17.1 Å². The minimum Gasteiger partial charge on any atom is -0.483 e. The summed E-state index contributed by atoms with van der Waals surface area (Å²) < 4.78 is 11.8. The summed E-state index contributed by atoms with van der Waals surface area (Å²) in [6.07, 6.45) is 1.50. The molecule has 1 N–H and O–H groups in total. The molecule has 3 rings (SSSR count). The predicted octanol–water partition coefficient (Wildman–Crippen LogP) is 4.81. The third kappa shape index (κ3) is 6.52. The van der Waals surface area contributed by atoms with Crippen molar-refractivity contribution in [2.24, 2.45) is 5.10 Å². The van der Waals surface area contributed by atoms with Gasteiger partial charge in [-0.1, -0.05) is 34.1 Å². The van der Waals surface area contributed by atoms with Crippen molar-refractivity contribution in [3.63, 3.8) is 0 Å². The Kier molecular flexibility index (Phi) is 7.56. The van der Waals surface area contributed by atoms with Crippen LogP contribution in [0.15, 0.2) is 76.3 Å². The third-order valence-electron chi connectivity index (χ3n) is 4.33. The summed E-state index contributed by atoms with van der Waals surface area (Å²) in [5, 5.41) is 3.93. The van der Waals surface area contributed by atoms with Crippen LogP contribution < -0.4 is 14.9 Å². The summed E-state index contributed by atoms with van der Waals surface area (Å²) in [4.78, 5) is 24.1. The van der Waals surface area contributed by atoms with Gasteiger partial charge < -0.3 is 9.47 Å². The van der Waals surface area contributed by atoms with Crippen LogP contribution in [0, 0.1) is 13.8 Å². The lowest BCUT2D eigenvalue weighted by Crippen LogP contribution is -2.25. The molecule has 31 heavy (non-hydrogen) atoms. The van der Waals surface area contributed by atoms with Crippen molar-refractivity contribution >= 4 is 34.0 Å². The molecule has 0 saturated heterocycles. The topological polar surface area (TPSA) is 77.0 Å². The highest BCUT2D eigenvalue weighted by Crippen LogP contribution is 2.22. The zero-order valence-electron chi connectivity index (χ0n) is 17.1. The van der Waals surface area contributed by atoms with Crippen LogP contribution in [0.3, 0.4) is 0 Å². The van der Waals surface area contributed by atoms with E-state index in [9.17, 15) is 9.59 Å². The van der Waals surface area contributed by atoms with Crippen LogP contribution in [0.1, 0.15) is 27.0 Å². The molecule has 158 valence electrons. The molecule has 0 atom stereocenters. The van der Waals surface area contributed by atoms with Gasteiger partial charge in [0.05, 0.1) is 11.8 Å². The summed E-state index contributed by atoms with van der Waals surface area (Å²) >= 11 is 3.33. The lowest BCUT2D eigenvalue weighted by Gasteiger charge is -2.10. The van der Waals surface area contributed by atoms with E-state index in [1.165, 1.54) is 6.21 Å². The average Bonchev–Trinajstić information content (AvgIpc) is 2.75. The maximum Gasteiger partial charge on any atom is 0.343 e. The molecule has 0 aliphatic carbocycles. The number of nitrogens with zero attached hydrogens (tertiary/aromatic N) is 1. The lowest BCUT2D eigenvalue weighted by atomic mass is 10.1. The summed E-state index contributed by atoms with van der Waals surface area (Å²) in [6, 6.07) is 19.5. The van der Waals surface area contributed by atoms with E-state index in [1.807, 2.05) is 32.0 Å². The number of hydrogen-bond acceptors (Lipinski definition) is 5. The minimum atomic E-state index is -0.440. The number of carbonyl (C=O) groups is 2. The molecule has 6 nitrogen and oxygen atoms in total. The zero-order chi connectivity index (χ0) is 22.2. The van der Waals surface area contributed by atoms with Gasteiger partial charge in [0.15, 0.2) is 6.61 Å². The zero-order valence-corrected chi connectivity index (χ0v) is 18.7. The SMILES string of the molecule is Cc1cccc(C)c1OCC(=O)NN=Cc1ccc(OC(=O)c2ccc(Br)cc2)cc1. The summed E-state index contributed by atoms with van der Waals surface area (Å²) in [7, 11) is 0. The molecular weight excluding hydrogens is 460 g/mol. The second-order valence-electron chi connectivity index (χ2n) is 6.77. The maximum absolute atomic E-state index is 12.1. The molecule has 0 fully saturated rings. The number of nitrogens with one attached hydrogen (secondary N) is 1. The van der Waals surface area contributed by atoms with Crippen LogP contribution in [-0.2, 0) is 4.79 Å². The Morgan fingerprint density at radius 1 is 0.968 bits per heavy atom. The van der Waals surface area contributed by atoms with Crippen LogP contribution >= 0.6 is 15.9 Å². The van der Waals surface area contributed by atoms with Gasteiger partial charge in [-0.05, 0) is 79.1 Å². The van der Waals surface area contributed by atoms with Crippen LogP contribution in [0.2, 0.25) is 0 Å². The smallest absolute Gasteiger partial charge is 0.343 e. The fourth-order valence-corrected chi connectivity index (χ4v) is 3.01. The molecule has 1 amide bonds. The first-order valence-corrected chi connectivity index (χ1v) is 10.3. The third-order valence-corrected chi connectivity index (χ3v) is 4.86. The van der Waals surface area contributed by atoms with E-state index in [-0.39, 0.29) is 12.5 Å². The molecule has 0 aromatic heterocycles. The van der Waals surface area contributed by atoms with E-state index >= 15 is 0 Å². The van der Waals surface area contributed by atoms with E-state index in [4.69, 9.17) is 9.47 Å². The normalized spacial score (nSPS) is 10.7. The largest absolute Gasteiger partial charge is 0.483 e. The van der Waals surface area contributed by atoms with E-state index in [2.05, 4.69) is 26.5 Å². The van der Waals surface area contributed by atoms with Crippen molar-refractivity contribution in [2.45, 2.75) is 13.8 Å². The quantitative estimate of drug-likeness (QED) is 0.227. The first-order valence-electron chi connectivity index (χ1n) is 9.51. The predicted molar refractivity (Wildman–Crippen MR) is 123 cm³/mol. The Morgan fingerprint density at radius 3 is 2.26 bits per heavy atom. The molecule has 0 aliphatic rings. The number of carbonyl (C=O) groups excluding carboxylic acids is 2. The number of hydrazone groups is 1. The second-order valence-corrected chi connectivity index (χ2v) is 7.68. The molecule has 3 aromatic carbocycles. The molecule has 0 radical (unpaired) electrons. The molecule has 0 heterocycles. The Bertz CT molecular complexity index is 1070. The summed E-state index contributed by atoms with van der Waals surface area (Å²) in [5.74, 6) is 0.315. The number of halogens is 1. The molecule has 0 bridgehead atoms. The molecule has 3 aromatic rings. The maximum atomic E-state index is 12.1. The number of hydrogen-bond donors (Lipinski definition) is 1. The van der Waals surface area contributed by atoms with Gasteiger partial charge in [0, 0.05) is 4.47 Å². The van der Waals surface area contributed by atoms with Gasteiger partial charge >= 0.3 is 5.97 Å². The van der Waals surface area contributed by atoms with Gasteiger partial charge in [0.1, 0.15) is 11.5 Å². The van der Waals surface area contributed by atoms with Crippen LogP contribution in [0.4, 0.5) is 0 Å². The van der Waals surface area contributed by atoms with Gasteiger partial charge in [-0.2, -0.15) is 5.10 Å². The molecule has 0 saturated carbocycles. The summed E-state index contributed by atoms with van der Waals surface area (Å²) in [6.45, 7) is 3.73. The van der Waals surface area contributed by atoms with Crippen molar-refractivity contribution in [3.8, 4) is 11.5 Å². The number of benzene rings is 3. The van der Waals surface area contributed by atoms with Gasteiger partial charge in [-0.15, -0.1) is 0 Å². The van der Waals surface area contributed by atoms with Crippen molar-refractivity contribution in [2.75, 3.05) is 6.61 Å². The van der Waals surface area contributed by atoms with E-state index < -0.39 is 5.97 Å². The van der Waals surface area contributed by atoms with Gasteiger partial charge in [0.2, 0.25) is 0 Å². The Labute approximate surface area is 189 Å². The average molecular weight is 481 g/mol. The number of ether oxygens (including phenoxy) is 2. The van der Waals surface area contributed by atoms with Crippen molar-refractivity contribution in [1.82, 2.24) is 5.43 Å². The van der Waals surface area contributed by atoms with E-state index in [1.54, 1.807) is 48.5 Å². The number of para-hydroxylation sites is 1. The molecule has 7 heteroatoms. The fourth-order valence-electron chi connectivity index (χ4n) is 2.75. The van der Waals surface area contributed by atoms with Gasteiger partial charge in [-0.25, -0.2) is 10.2 Å². The second kappa shape index (κ2) is 10.5. The van der Waals surface area contributed by atoms with Crippen LogP contribution in [0.5, 0.6) is 11.5 Å². The summed E-state index contributed by atoms with van der Waals surface area (Å²) in [5.41, 5.74) is 5.56. The highest BCUT2D eigenvalue weighted by atomic mass is 79.9. The number of rotatable bonds is 7. The first-order chi connectivity index (χ1) is 14.9. The van der Waals surface area contributed by atoms with Gasteiger partial charge in [-0.3, -0.25) is 4.79 Å². The molecule has 0 unspecified atom stereocenters. The Balaban J connectivity index is 1.48. The Hall–Kier alpha value is -3.45. The standard InChI is InChI=1S/C24H21BrN2O4/c1-16-4-3-5-17(2)23(16)30-15-22(28)27-26-14-18-6-12-21(13-7-18)31-24(29)19-8-10-20(25)11-9-19/h3-14H,15H2,1-2H3,(H,27,28). The molecular formula is C24H21BrN2O4. The number of esters is 1. The first kappa shape index (κ1) is 22.2. The highest BCUT2D eigenvalue weighted by molar-refractivity contribution is 9.10. The van der Waals surface area contributed by atoms with Crippen LogP contribution in [-0.4, -0.2) is 24.7 Å². The van der Waals surface area contributed by atoms with E-state index in [0.717, 1.165) is 21.2 Å². The van der Waals surface area contributed by atoms with Crippen LogP contribution in [0.25, 0.3) is 0 Å². The molecule has 0 aliphatic heterocycles. The minimum absolute atomic E-state index is 0.131. The fraction of sp³-hybridized carbons (Fsp3) is 0.125. The molecule has 0 spiro atoms. The van der Waals surface area contributed by atoms with Crippen molar-refractivity contribution in [3.05, 3.63) is 93.5 Å². The Morgan fingerprint density at radius 2 is 1.61 bits per heavy atom. The number of amides is 1. The van der Waals surface area contributed by atoms with Crippen molar-refractivity contribution < 1.29 is 19.1 Å². The van der Waals surface area contributed by atoms with Crippen molar-refractivity contribution in [1.29, 1.82) is 0 Å². The van der Waals surface area contributed by atoms with Gasteiger partial charge in [0.25, 0.3) is 5.91 Å². The monoisotopic (exact) mass is 480 g/mol.